The minimum atomic E-state index is 0.0910. The molecule has 0 radical (unpaired) electrons. The summed E-state index contributed by atoms with van der Waals surface area (Å²) in [5.74, 6) is 1.73. The number of aryl methyl sites for hydroxylation is 2. The van der Waals surface area contributed by atoms with Crippen LogP contribution in [0.25, 0.3) is 0 Å². The van der Waals surface area contributed by atoms with E-state index >= 15 is 0 Å². The predicted octanol–water partition coefficient (Wildman–Crippen LogP) is 4.52. The average Bonchev–Trinajstić information content (AvgIpc) is 3.19. The van der Waals surface area contributed by atoms with Crippen LogP contribution in [0.2, 0.25) is 0 Å². The topological polar surface area (TPSA) is 65.2 Å². The second-order valence-corrected chi connectivity index (χ2v) is 7.82. The summed E-state index contributed by atoms with van der Waals surface area (Å²) in [6.45, 7) is 0. The number of methoxy groups -OCH3 is 1. The molecule has 0 bridgehead atoms. The summed E-state index contributed by atoms with van der Waals surface area (Å²) in [4.78, 5) is 12.5. The maximum atomic E-state index is 12.5. The molecule has 6 heteroatoms. The second kappa shape index (κ2) is 8.61. The van der Waals surface area contributed by atoms with E-state index in [2.05, 4.69) is 22.3 Å². The molecule has 0 saturated heterocycles. The van der Waals surface area contributed by atoms with Gasteiger partial charge in [-0.15, -0.1) is 10.2 Å². The fourth-order valence-electron chi connectivity index (χ4n) is 3.40. The van der Waals surface area contributed by atoms with Crippen LogP contribution >= 0.6 is 11.8 Å². The van der Waals surface area contributed by atoms with Gasteiger partial charge in [0.15, 0.2) is 5.78 Å². The molecule has 4 rings (SSSR count). The summed E-state index contributed by atoms with van der Waals surface area (Å²) in [6, 6.07) is 13.8. The van der Waals surface area contributed by atoms with Crippen LogP contribution in [-0.4, -0.2) is 28.8 Å². The van der Waals surface area contributed by atoms with E-state index in [0.29, 0.717) is 23.3 Å². The summed E-state index contributed by atoms with van der Waals surface area (Å²) in [7, 11) is 1.64. The Bertz CT molecular complexity index is 966. The zero-order chi connectivity index (χ0) is 19.3. The number of fused-ring (bicyclic) bond motifs is 1. The number of aromatic nitrogens is 2. The summed E-state index contributed by atoms with van der Waals surface area (Å²) in [5.41, 5.74) is 4.54. The molecule has 0 fully saturated rings. The Morgan fingerprint density at radius 1 is 1.07 bits per heavy atom. The van der Waals surface area contributed by atoms with Gasteiger partial charge in [0, 0.05) is 5.56 Å². The first kappa shape index (κ1) is 18.7. The lowest BCUT2D eigenvalue weighted by atomic mass is 9.90. The largest absolute Gasteiger partial charge is 0.497 e. The molecule has 0 atom stereocenters. The zero-order valence-corrected chi connectivity index (χ0v) is 16.6. The minimum Gasteiger partial charge on any atom is -0.497 e. The quantitative estimate of drug-likeness (QED) is 0.433. The highest BCUT2D eigenvalue weighted by Crippen LogP contribution is 2.24. The van der Waals surface area contributed by atoms with Gasteiger partial charge in [0.25, 0.3) is 5.22 Å². The molecule has 2 aromatic carbocycles. The molecule has 5 nitrogen and oxygen atoms in total. The summed E-state index contributed by atoms with van der Waals surface area (Å²) >= 11 is 1.29. The lowest BCUT2D eigenvalue weighted by Crippen LogP contribution is -2.07. The lowest BCUT2D eigenvalue weighted by Gasteiger charge is -2.16. The van der Waals surface area contributed by atoms with E-state index in [1.807, 2.05) is 30.3 Å². The highest BCUT2D eigenvalue weighted by molar-refractivity contribution is 7.99. The first-order valence-electron chi connectivity index (χ1n) is 9.44. The fourth-order valence-corrected chi connectivity index (χ4v) is 4.08. The van der Waals surface area contributed by atoms with E-state index < -0.39 is 0 Å². The number of hydrogen-bond acceptors (Lipinski definition) is 6. The Morgan fingerprint density at radius 2 is 1.86 bits per heavy atom. The highest BCUT2D eigenvalue weighted by atomic mass is 32.2. The molecule has 1 heterocycles. The van der Waals surface area contributed by atoms with E-state index in [1.54, 1.807) is 7.11 Å². The van der Waals surface area contributed by atoms with E-state index in [9.17, 15) is 4.79 Å². The summed E-state index contributed by atoms with van der Waals surface area (Å²) in [6.07, 6.45) is 5.19. The van der Waals surface area contributed by atoms with Crippen molar-refractivity contribution in [3.63, 3.8) is 0 Å². The molecule has 0 N–H and O–H groups in total. The number of hydrogen-bond donors (Lipinski definition) is 0. The first-order chi connectivity index (χ1) is 13.7. The van der Waals surface area contributed by atoms with Crippen molar-refractivity contribution in [1.29, 1.82) is 0 Å². The Labute approximate surface area is 168 Å². The Kier molecular flexibility index (Phi) is 5.76. The van der Waals surface area contributed by atoms with Crippen LogP contribution in [0.4, 0.5) is 0 Å². The van der Waals surface area contributed by atoms with Crippen LogP contribution in [0.1, 0.15) is 45.8 Å². The number of carbonyl (C=O) groups is 1. The van der Waals surface area contributed by atoms with Gasteiger partial charge in [-0.2, -0.15) is 0 Å². The molecule has 1 aromatic heterocycles. The van der Waals surface area contributed by atoms with Crippen LogP contribution in [-0.2, 0) is 19.3 Å². The van der Waals surface area contributed by atoms with E-state index in [4.69, 9.17) is 9.15 Å². The standard InChI is InChI=1S/C22H22N2O3S/c1-26-19-10-6-15(7-11-19)12-21-23-24-22(27-21)28-14-20(25)18-9-8-16-4-2-3-5-17(16)13-18/h6-11,13H,2-5,12,14H2,1H3. The molecule has 28 heavy (non-hydrogen) atoms. The molecule has 0 saturated carbocycles. The van der Waals surface area contributed by atoms with Crippen LogP contribution in [0.3, 0.4) is 0 Å². The molecule has 0 aliphatic heterocycles. The third-order valence-electron chi connectivity index (χ3n) is 4.96. The van der Waals surface area contributed by atoms with Gasteiger partial charge < -0.3 is 9.15 Å². The van der Waals surface area contributed by atoms with Gasteiger partial charge in [-0.3, -0.25) is 4.79 Å². The molecule has 0 unspecified atom stereocenters. The monoisotopic (exact) mass is 394 g/mol. The van der Waals surface area contributed by atoms with Crippen LogP contribution < -0.4 is 4.74 Å². The van der Waals surface area contributed by atoms with E-state index in [1.165, 1.54) is 35.7 Å². The number of Topliss-reactive ketones (excluding diaryl/α,β-unsaturated/α-hetero) is 1. The van der Waals surface area contributed by atoms with Gasteiger partial charge >= 0.3 is 0 Å². The number of carbonyl (C=O) groups excluding carboxylic acids is 1. The smallest absolute Gasteiger partial charge is 0.277 e. The Hall–Kier alpha value is -2.60. The zero-order valence-electron chi connectivity index (χ0n) is 15.8. The van der Waals surface area contributed by atoms with E-state index in [0.717, 1.165) is 29.7 Å². The predicted molar refractivity (Wildman–Crippen MR) is 108 cm³/mol. The first-order valence-corrected chi connectivity index (χ1v) is 10.4. The van der Waals surface area contributed by atoms with Gasteiger partial charge in [0.05, 0.1) is 19.3 Å². The van der Waals surface area contributed by atoms with Crippen molar-refractivity contribution in [3.8, 4) is 5.75 Å². The van der Waals surface area contributed by atoms with Gasteiger partial charge in [-0.1, -0.05) is 36.0 Å². The normalized spacial score (nSPS) is 13.2. The Balaban J connectivity index is 1.34. The Morgan fingerprint density at radius 3 is 2.64 bits per heavy atom. The second-order valence-electron chi connectivity index (χ2n) is 6.89. The van der Waals surface area contributed by atoms with Gasteiger partial charge in [0.2, 0.25) is 5.89 Å². The maximum Gasteiger partial charge on any atom is 0.277 e. The molecule has 0 amide bonds. The van der Waals surface area contributed by atoms with Crippen molar-refractivity contribution in [1.82, 2.24) is 10.2 Å². The maximum absolute atomic E-state index is 12.5. The summed E-state index contributed by atoms with van der Waals surface area (Å²) < 4.78 is 10.8. The molecule has 144 valence electrons. The van der Waals surface area contributed by atoms with Gasteiger partial charge in [-0.25, -0.2) is 0 Å². The fraction of sp³-hybridized carbons (Fsp3) is 0.318. The molecule has 0 spiro atoms. The van der Waals surface area contributed by atoms with Crippen molar-refractivity contribution in [3.05, 3.63) is 70.6 Å². The number of benzene rings is 2. The number of rotatable bonds is 7. The van der Waals surface area contributed by atoms with Crippen molar-refractivity contribution in [2.75, 3.05) is 12.9 Å². The number of ether oxygens (including phenoxy) is 1. The average molecular weight is 394 g/mol. The molecular formula is C22H22N2O3S. The van der Waals surface area contributed by atoms with Crippen LogP contribution in [0, 0.1) is 0 Å². The number of ketones is 1. The number of thioether (sulfide) groups is 1. The molecule has 1 aliphatic rings. The lowest BCUT2D eigenvalue weighted by molar-refractivity contribution is 0.102. The van der Waals surface area contributed by atoms with Crippen molar-refractivity contribution in [2.45, 2.75) is 37.3 Å². The van der Waals surface area contributed by atoms with Crippen LogP contribution in [0.5, 0.6) is 5.75 Å². The molecule has 1 aliphatic carbocycles. The molecule has 3 aromatic rings. The third-order valence-corrected chi connectivity index (χ3v) is 5.78. The van der Waals surface area contributed by atoms with Crippen molar-refractivity contribution < 1.29 is 13.9 Å². The SMILES string of the molecule is COc1ccc(Cc2nnc(SCC(=O)c3ccc4c(c3)CCCC4)o2)cc1. The summed E-state index contributed by atoms with van der Waals surface area (Å²) in [5, 5.41) is 8.56. The van der Waals surface area contributed by atoms with Crippen molar-refractivity contribution in [2.24, 2.45) is 0 Å². The van der Waals surface area contributed by atoms with Gasteiger partial charge in [-0.05, 0) is 60.6 Å². The van der Waals surface area contributed by atoms with E-state index in [-0.39, 0.29) is 5.78 Å². The van der Waals surface area contributed by atoms with Gasteiger partial charge in [0.1, 0.15) is 5.75 Å². The number of nitrogens with zero attached hydrogens (tertiary/aromatic N) is 2. The minimum absolute atomic E-state index is 0.0910. The molecular weight excluding hydrogens is 372 g/mol. The van der Waals surface area contributed by atoms with Crippen molar-refractivity contribution >= 4 is 17.5 Å². The third kappa shape index (κ3) is 4.44. The van der Waals surface area contributed by atoms with Crippen LogP contribution in [0.15, 0.2) is 52.1 Å². The highest BCUT2D eigenvalue weighted by Gasteiger charge is 2.15.